The molecule has 29 heavy (non-hydrogen) atoms. The molecule has 1 unspecified atom stereocenters. The highest BCUT2D eigenvalue weighted by Crippen LogP contribution is 2.26. The molecule has 1 aliphatic rings. The summed E-state index contributed by atoms with van der Waals surface area (Å²) in [6.45, 7) is 8.69. The maximum atomic E-state index is 12.7. The molecule has 4 rings (SSSR count). The van der Waals surface area contributed by atoms with E-state index in [1.165, 1.54) is 28.0 Å². The number of aryl methyl sites for hydroxylation is 3. The molecule has 1 fully saturated rings. The van der Waals surface area contributed by atoms with Gasteiger partial charge in [-0.1, -0.05) is 6.92 Å². The molecule has 3 aromatic rings. The van der Waals surface area contributed by atoms with Crippen molar-refractivity contribution in [3.63, 3.8) is 0 Å². The molecule has 1 saturated heterocycles. The fraction of sp³-hybridized carbons (Fsp3) is 0.409. The van der Waals surface area contributed by atoms with Gasteiger partial charge in [0.2, 0.25) is 5.91 Å². The normalized spacial score (nSPS) is 16.5. The minimum atomic E-state index is -0.113. The Morgan fingerprint density at radius 1 is 1.28 bits per heavy atom. The largest absolute Gasteiger partial charge is 0.371 e. The number of benzene rings is 1. The van der Waals surface area contributed by atoms with Crippen LogP contribution < -0.4 is 15.8 Å². The van der Waals surface area contributed by atoms with Crippen LogP contribution in [0.3, 0.4) is 0 Å². The Bertz CT molecular complexity index is 1100. The quantitative estimate of drug-likeness (QED) is 0.692. The smallest absolute Gasteiger partial charge is 0.262 e. The fourth-order valence-corrected chi connectivity index (χ4v) is 4.79. The zero-order valence-electron chi connectivity index (χ0n) is 17.1. The van der Waals surface area contributed by atoms with Crippen molar-refractivity contribution in [1.82, 2.24) is 9.55 Å². The lowest BCUT2D eigenvalue weighted by molar-refractivity contribution is -0.116. The number of carbonyl (C=O) groups is 1. The summed E-state index contributed by atoms with van der Waals surface area (Å²) in [6.07, 6.45) is 2.99. The van der Waals surface area contributed by atoms with Gasteiger partial charge in [0.1, 0.15) is 4.83 Å². The second kappa shape index (κ2) is 7.99. The second-order valence-corrected chi connectivity index (χ2v) is 9.09. The number of thiophene rings is 1. The molecule has 1 amide bonds. The molecule has 1 atom stereocenters. The average molecular weight is 411 g/mol. The predicted molar refractivity (Wildman–Crippen MR) is 119 cm³/mol. The van der Waals surface area contributed by atoms with Crippen LogP contribution in [0.2, 0.25) is 0 Å². The van der Waals surface area contributed by atoms with Crippen LogP contribution in [0.1, 0.15) is 30.2 Å². The van der Waals surface area contributed by atoms with Crippen LogP contribution in [0.5, 0.6) is 0 Å². The summed E-state index contributed by atoms with van der Waals surface area (Å²) >= 11 is 1.53. The standard InChI is InChI=1S/C22H26N4O2S/c1-14-8-10-25(12-14)18-6-4-17(5-7-18)24-19(27)9-11-26-13-23-21-20(22(26)28)15(2)16(3)29-21/h4-7,13-14H,8-12H2,1-3H3,(H,24,27). The van der Waals surface area contributed by atoms with Gasteiger partial charge in [0.05, 0.1) is 11.7 Å². The van der Waals surface area contributed by atoms with Crippen LogP contribution >= 0.6 is 11.3 Å². The highest BCUT2D eigenvalue weighted by molar-refractivity contribution is 7.18. The van der Waals surface area contributed by atoms with Crippen LogP contribution in [0.15, 0.2) is 35.4 Å². The van der Waals surface area contributed by atoms with Gasteiger partial charge in [-0.3, -0.25) is 14.2 Å². The summed E-state index contributed by atoms with van der Waals surface area (Å²) in [7, 11) is 0. The van der Waals surface area contributed by atoms with Crippen LogP contribution in [0, 0.1) is 19.8 Å². The van der Waals surface area contributed by atoms with Gasteiger partial charge >= 0.3 is 0 Å². The first-order valence-electron chi connectivity index (χ1n) is 10.0. The minimum absolute atomic E-state index is 0.0751. The van der Waals surface area contributed by atoms with E-state index in [0.29, 0.717) is 11.9 Å². The van der Waals surface area contributed by atoms with Gasteiger partial charge in [0, 0.05) is 42.3 Å². The molecule has 0 bridgehead atoms. The molecule has 0 spiro atoms. The third-order valence-electron chi connectivity index (χ3n) is 5.68. The van der Waals surface area contributed by atoms with Crippen LogP contribution in [-0.2, 0) is 11.3 Å². The van der Waals surface area contributed by atoms with E-state index < -0.39 is 0 Å². The van der Waals surface area contributed by atoms with Crippen LogP contribution in [0.25, 0.3) is 10.2 Å². The number of hydrogen-bond donors (Lipinski definition) is 1. The Hall–Kier alpha value is -2.67. The van der Waals surface area contributed by atoms with Gasteiger partial charge in [-0.15, -0.1) is 11.3 Å². The number of fused-ring (bicyclic) bond motifs is 1. The average Bonchev–Trinajstić information content (AvgIpc) is 3.25. The number of hydrogen-bond acceptors (Lipinski definition) is 5. The van der Waals surface area contributed by atoms with Crippen LogP contribution in [0.4, 0.5) is 11.4 Å². The number of nitrogens with one attached hydrogen (secondary N) is 1. The SMILES string of the molecule is Cc1sc2ncn(CCC(=O)Nc3ccc(N4CCC(C)C4)cc3)c(=O)c2c1C. The Morgan fingerprint density at radius 3 is 2.72 bits per heavy atom. The number of rotatable bonds is 5. The summed E-state index contributed by atoms with van der Waals surface area (Å²) in [5, 5.41) is 3.59. The van der Waals surface area contributed by atoms with Crippen molar-refractivity contribution in [2.45, 2.75) is 40.2 Å². The highest BCUT2D eigenvalue weighted by Gasteiger charge is 2.18. The van der Waals surface area contributed by atoms with Gasteiger partial charge in [-0.2, -0.15) is 0 Å². The van der Waals surface area contributed by atoms with Crippen molar-refractivity contribution >= 4 is 38.8 Å². The fourth-order valence-electron chi connectivity index (χ4n) is 3.80. The summed E-state index contributed by atoms with van der Waals surface area (Å²) < 4.78 is 1.53. The van der Waals surface area contributed by atoms with Crippen LogP contribution in [-0.4, -0.2) is 28.5 Å². The molecule has 0 saturated carbocycles. The zero-order valence-corrected chi connectivity index (χ0v) is 17.9. The van der Waals surface area contributed by atoms with Crippen molar-refractivity contribution in [1.29, 1.82) is 0 Å². The van der Waals surface area contributed by atoms with Gasteiger partial charge in [0.25, 0.3) is 5.56 Å². The lowest BCUT2D eigenvalue weighted by Crippen LogP contribution is -2.23. The van der Waals surface area contributed by atoms with E-state index in [-0.39, 0.29) is 17.9 Å². The molecule has 7 heteroatoms. The first-order chi connectivity index (χ1) is 13.9. The van der Waals surface area contributed by atoms with Crippen molar-refractivity contribution in [2.24, 2.45) is 5.92 Å². The van der Waals surface area contributed by atoms with E-state index in [9.17, 15) is 9.59 Å². The molecule has 6 nitrogen and oxygen atoms in total. The first-order valence-corrected chi connectivity index (χ1v) is 10.8. The van der Waals surface area contributed by atoms with Gasteiger partial charge in [0.15, 0.2) is 0 Å². The molecule has 0 radical (unpaired) electrons. The Morgan fingerprint density at radius 2 is 2.03 bits per heavy atom. The number of aromatic nitrogens is 2. The number of amides is 1. The van der Waals surface area contributed by atoms with E-state index >= 15 is 0 Å². The molecule has 3 heterocycles. The Kier molecular flexibility index (Phi) is 5.41. The molecule has 152 valence electrons. The van der Waals surface area contributed by atoms with E-state index in [1.54, 1.807) is 6.33 Å². The summed E-state index contributed by atoms with van der Waals surface area (Å²) in [4.78, 5) is 33.7. The molecule has 1 N–H and O–H groups in total. The zero-order chi connectivity index (χ0) is 20.5. The van der Waals surface area contributed by atoms with E-state index in [4.69, 9.17) is 0 Å². The monoisotopic (exact) mass is 410 g/mol. The third kappa shape index (κ3) is 4.05. The number of nitrogens with zero attached hydrogens (tertiary/aromatic N) is 3. The molecule has 1 aliphatic heterocycles. The van der Waals surface area contributed by atoms with Crippen molar-refractivity contribution in [3.8, 4) is 0 Å². The van der Waals surface area contributed by atoms with Crippen molar-refractivity contribution < 1.29 is 4.79 Å². The van der Waals surface area contributed by atoms with Gasteiger partial charge in [-0.25, -0.2) is 4.98 Å². The highest BCUT2D eigenvalue weighted by atomic mass is 32.1. The van der Waals surface area contributed by atoms with Crippen molar-refractivity contribution in [3.05, 3.63) is 51.4 Å². The lowest BCUT2D eigenvalue weighted by Gasteiger charge is -2.18. The summed E-state index contributed by atoms with van der Waals surface area (Å²) in [5.74, 6) is 0.617. The molecular formula is C22H26N4O2S. The first kappa shape index (κ1) is 19.6. The second-order valence-electron chi connectivity index (χ2n) is 7.89. The summed E-state index contributed by atoms with van der Waals surface area (Å²) in [6, 6.07) is 7.98. The molecular weight excluding hydrogens is 384 g/mol. The Labute approximate surface area is 174 Å². The Balaban J connectivity index is 1.38. The third-order valence-corrected chi connectivity index (χ3v) is 6.79. The predicted octanol–water partition coefficient (Wildman–Crippen LogP) is 3.95. The van der Waals surface area contributed by atoms with E-state index in [1.807, 2.05) is 26.0 Å². The maximum absolute atomic E-state index is 12.7. The molecule has 0 aliphatic carbocycles. The van der Waals surface area contributed by atoms with Gasteiger partial charge in [-0.05, 0) is 56.0 Å². The molecule has 1 aromatic carbocycles. The number of anilines is 2. The van der Waals surface area contributed by atoms with E-state index in [2.05, 4.69) is 34.3 Å². The summed E-state index contributed by atoms with van der Waals surface area (Å²) in [5.41, 5.74) is 2.87. The molecule has 2 aromatic heterocycles. The topological polar surface area (TPSA) is 67.2 Å². The van der Waals surface area contributed by atoms with Crippen molar-refractivity contribution in [2.75, 3.05) is 23.3 Å². The number of carbonyl (C=O) groups excluding carboxylic acids is 1. The van der Waals surface area contributed by atoms with Gasteiger partial charge < -0.3 is 10.2 Å². The lowest BCUT2D eigenvalue weighted by atomic mass is 10.2. The van der Waals surface area contributed by atoms with E-state index in [0.717, 1.165) is 40.0 Å². The maximum Gasteiger partial charge on any atom is 0.262 e. The minimum Gasteiger partial charge on any atom is -0.371 e.